The number of halogens is 2. The normalized spacial score (nSPS) is 20.3. The fraction of sp³-hybridized carbons (Fsp3) is 0.364. The van der Waals surface area contributed by atoms with E-state index < -0.39 is 5.82 Å². The lowest BCUT2D eigenvalue weighted by atomic mass is 10.1. The Kier molecular flexibility index (Phi) is 3.49. The highest BCUT2D eigenvalue weighted by atomic mass is 35.5. The second kappa shape index (κ2) is 4.89. The van der Waals surface area contributed by atoms with Crippen LogP contribution >= 0.6 is 11.6 Å². The number of carbonyl (C=O) groups excluding carboxylic acids is 1. The van der Waals surface area contributed by atoms with Gasteiger partial charge in [0.1, 0.15) is 5.82 Å². The minimum absolute atomic E-state index is 0.0535. The van der Waals surface area contributed by atoms with Crippen LogP contribution in [0.25, 0.3) is 0 Å². The summed E-state index contributed by atoms with van der Waals surface area (Å²) in [5, 5.41) is 2.83. The molecule has 2 rings (SSSR count). The summed E-state index contributed by atoms with van der Waals surface area (Å²) in [4.78, 5) is 13.3. The first-order valence-corrected chi connectivity index (χ1v) is 5.67. The Labute approximate surface area is 104 Å². The van der Waals surface area contributed by atoms with Gasteiger partial charge in [0.2, 0.25) is 5.91 Å². The number of anilines is 1. The van der Waals surface area contributed by atoms with E-state index in [0.717, 1.165) is 5.69 Å². The monoisotopic (exact) mass is 257 g/mol. The molecular formula is C11H13ClFN3O. The zero-order valence-corrected chi connectivity index (χ0v) is 9.88. The molecule has 0 bridgehead atoms. The van der Waals surface area contributed by atoms with E-state index in [2.05, 4.69) is 5.32 Å². The number of rotatable bonds is 2. The first-order valence-electron chi connectivity index (χ1n) is 5.29. The maximum Gasteiger partial charge on any atom is 0.239 e. The Hall–Kier alpha value is -1.33. The lowest BCUT2D eigenvalue weighted by molar-refractivity contribution is -0.121. The standard InChI is InChI=1S/C11H13ClFN3O/c12-9-3-8(1-2-10(9)13)16-5-7(4-14)15-11(17)6-16/h1-3,7H,4-6,14H2,(H,15,17). The Morgan fingerprint density at radius 3 is 3.00 bits per heavy atom. The Morgan fingerprint density at radius 2 is 2.35 bits per heavy atom. The Bertz CT molecular complexity index is 441. The molecule has 6 heteroatoms. The van der Waals surface area contributed by atoms with E-state index in [-0.39, 0.29) is 23.5 Å². The fourth-order valence-electron chi connectivity index (χ4n) is 1.83. The highest BCUT2D eigenvalue weighted by Crippen LogP contribution is 2.23. The summed E-state index contributed by atoms with van der Waals surface area (Å²) in [6, 6.07) is 4.33. The molecule has 1 aliphatic rings. The number of nitrogens with two attached hydrogens (primary N) is 1. The van der Waals surface area contributed by atoms with Crippen molar-refractivity contribution < 1.29 is 9.18 Å². The van der Waals surface area contributed by atoms with E-state index in [1.807, 2.05) is 4.90 Å². The van der Waals surface area contributed by atoms with E-state index in [0.29, 0.717) is 13.1 Å². The van der Waals surface area contributed by atoms with Crippen molar-refractivity contribution in [2.45, 2.75) is 6.04 Å². The molecule has 1 aromatic rings. The second-order valence-corrected chi connectivity index (χ2v) is 4.39. The average Bonchev–Trinajstić information content (AvgIpc) is 2.32. The number of nitrogens with one attached hydrogen (secondary N) is 1. The quantitative estimate of drug-likeness (QED) is 0.822. The number of nitrogens with zero attached hydrogens (tertiary/aromatic N) is 1. The lowest BCUT2D eigenvalue weighted by Gasteiger charge is -2.34. The van der Waals surface area contributed by atoms with Crippen LogP contribution in [0.5, 0.6) is 0 Å². The van der Waals surface area contributed by atoms with Crippen LogP contribution in [-0.2, 0) is 4.79 Å². The maximum absolute atomic E-state index is 13.0. The molecular weight excluding hydrogens is 245 g/mol. The molecule has 0 spiro atoms. The van der Waals surface area contributed by atoms with Gasteiger partial charge in [-0.1, -0.05) is 11.6 Å². The molecule has 92 valence electrons. The van der Waals surface area contributed by atoms with Crippen LogP contribution in [0.4, 0.5) is 10.1 Å². The van der Waals surface area contributed by atoms with Gasteiger partial charge in [0.15, 0.2) is 0 Å². The maximum atomic E-state index is 13.0. The molecule has 0 saturated carbocycles. The molecule has 4 nitrogen and oxygen atoms in total. The predicted molar refractivity (Wildman–Crippen MR) is 64.6 cm³/mol. The lowest BCUT2D eigenvalue weighted by Crippen LogP contribution is -2.56. The topological polar surface area (TPSA) is 58.4 Å². The summed E-state index contributed by atoms with van der Waals surface area (Å²) in [6.07, 6.45) is 0. The minimum atomic E-state index is -0.466. The molecule has 0 aliphatic carbocycles. The van der Waals surface area contributed by atoms with Crippen molar-refractivity contribution in [3.63, 3.8) is 0 Å². The highest BCUT2D eigenvalue weighted by Gasteiger charge is 2.24. The molecule has 1 unspecified atom stereocenters. The molecule has 1 saturated heterocycles. The van der Waals surface area contributed by atoms with Crippen molar-refractivity contribution in [3.8, 4) is 0 Å². The van der Waals surface area contributed by atoms with Crippen molar-refractivity contribution in [1.29, 1.82) is 0 Å². The number of amides is 1. The van der Waals surface area contributed by atoms with Gasteiger partial charge in [-0.2, -0.15) is 0 Å². The van der Waals surface area contributed by atoms with Crippen LogP contribution in [0.15, 0.2) is 18.2 Å². The molecule has 1 amide bonds. The second-order valence-electron chi connectivity index (χ2n) is 3.98. The van der Waals surface area contributed by atoms with Crippen LogP contribution in [-0.4, -0.2) is 31.6 Å². The van der Waals surface area contributed by atoms with Crippen molar-refractivity contribution in [1.82, 2.24) is 5.32 Å². The first-order chi connectivity index (χ1) is 8.10. The third kappa shape index (κ3) is 2.68. The summed E-state index contributed by atoms with van der Waals surface area (Å²) in [5.41, 5.74) is 6.26. The number of hydrogen-bond donors (Lipinski definition) is 2. The number of benzene rings is 1. The van der Waals surface area contributed by atoms with Crippen LogP contribution < -0.4 is 16.0 Å². The molecule has 3 N–H and O–H groups in total. The number of hydrogen-bond acceptors (Lipinski definition) is 3. The van der Waals surface area contributed by atoms with Crippen LogP contribution in [0.3, 0.4) is 0 Å². The smallest absolute Gasteiger partial charge is 0.239 e. The van der Waals surface area contributed by atoms with Gasteiger partial charge in [0.05, 0.1) is 17.6 Å². The molecule has 1 aromatic carbocycles. The molecule has 1 atom stereocenters. The molecule has 1 fully saturated rings. The molecule has 17 heavy (non-hydrogen) atoms. The van der Waals surface area contributed by atoms with Gasteiger partial charge in [-0.05, 0) is 18.2 Å². The van der Waals surface area contributed by atoms with Gasteiger partial charge in [-0.3, -0.25) is 4.79 Å². The zero-order valence-electron chi connectivity index (χ0n) is 9.12. The van der Waals surface area contributed by atoms with Gasteiger partial charge < -0.3 is 16.0 Å². The van der Waals surface area contributed by atoms with Crippen molar-refractivity contribution in [3.05, 3.63) is 29.0 Å². The SMILES string of the molecule is NCC1CN(c2ccc(F)c(Cl)c2)CC(=O)N1. The van der Waals surface area contributed by atoms with E-state index >= 15 is 0 Å². The Morgan fingerprint density at radius 1 is 1.59 bits per heavy atom. The largest absolute Gasteiger partial charge is 0.360 e. The summed E-state index contributed by atoms with van der Waals surface area (Å²) < 4.78 is 13.0. The summed E-state index contributed by atoms with van der Waals surface area (Å²) in [5.74, 6) is -0.556. The van der Waals surface area contributed by atoms with Crippen molar-refractivity contribution in [2.75, 3.05) is 24.5 Å². The van der Waals surface area contributed by atoms with Gasteiger partial charge in [0, 0.05) is 18.8 Å². The fourth-order valence-corrected chi connectivity index (χ4v) is 2.01. The van der Waals surface area contributed by atoms with Gasteiger partial charge in [-0.25, -0.2) is 4.39 Å². The third-order valence-corrected chi connectivity index (χ3v) is 2.98. The minimum Gasteiger partial charge on any atom is -0.360 e. The van der Waals surface area contributed by atoms with Gasteiger partial charge in [0.25, 0.3) is 0 Å². The van der Waals surface area contributed by atoms with Crippen LogP contribution in [0.1, 0.15) is 0 Å². The molecule has 1 heterocycles. The van der Waals surface area contributed by atoms with Crippen molar-refractivity contribution in [2.24, 2.45) is 5.73 Å². The molecule has 1 aliphatic heterocycles. The van der Waals surface area contributed by atoms with Crippen LogP contribution in [0, 0.1) is 5.82 Å². The highest BCUT2D eigenvalue weighted by molar-refractivity contribution is 6.31. The average molecular weight is 258 g/mol. The predicted octanol–water partition coefficient (Wildman–Crippen LogP) is 0.743. The number of piperazine rings is 1. The van der Waals surface area contributed by atoms with Crippen molar-refractivity contribution >= 4 is 23.2 Å². The molecule has 0 aromatic heterocycles. The van der Waals surface area contributed by atoms with E-state index in [1.165, 1.54) is 12.1 Å². The van der Waals surface area contributed by atoms with E-state index in [4.69, 9.17) is 17.3 Å². The summed E-state index contributed by atoms with van der Waals surface area (Å²) in [6.45, 7) is 1.21. The van der Waals surface area contributed by atoms with Gasteiger partial charge in [-0.15, -0.1) is 0 Å². The zero-order chi connectivity index (χ0) is 12.4. The van der Waals surface area contributed by atoms with Crippen LogP contribution in [0.2, 0.25) is 5.02 Å². The summed E-state index contributed by atoms with van der Waals surface area (Å²) in [7, 11) is 0. The van der Waals surface area contributed by atoms with E-state index in [1.54, 1.807) is 6.07 Å². The number of carbonyl (C=O) groups is 1. The molecule has 0 radical (unpaired) electrons. The van der Waals surface area contributed by atoms with Gasteiger partial charge >= 0.3 is 0 Å². The first kappa shape index (κ1) is 12.1. The Balaban J connectivity index is 2.20. The summed E-state index contributed by atoms with van der Waals surface area (Å²) >= 11 is 5.71. The third-order valence-electron chi connectivity index (χ3n) is 2.69. The van der Waals surface area contributed by atoms with E-state index in [9.17, 15) is 9.18 Å².